The van der Waals surface area contributed by atoms with E-state index in [9.17, 15) is 9.18 Å². The highest BCUT2D eigenvalue weighted by Crippen LogP contribution is 2.32. The zero-order valence-electron chi connectivity index (χ0n) is 14.1. The lowest BCUT2D eigenvalue weighted by Gasteiger charge is -2.25. The van der Waals surface area contributed by atoms with Gasteiger partial charge < -0.3 is 14.8 Å². The van der Waals surface area contributed by atoms with Crippen molar-refractivity contribution in [3.05, 3.63) is 41.7 Å². The molecule has 2 aromatic rings. The third-order valence-corrected chi connectivity index (χ3v) is 5.03. The molecule has 0 unspecified atom stereocenters. The van der Waals surface area contributed by atoms with Crippen LogP contribution in [0.5, 0.6) is 0 Å². The number of likely N-dealkylation sites (tertiary alicyclic amines) is 1. The number of urea groups is 1. The Morgan fingerprint density at radius 1 is 1.16 bits per heavy atom. The van der Waals surface area contributed by atoms with Crippen LogP contribution >= 0.6 is 0 Å². The van der Waals surface area contributed by atoms with Crippen LogP contribution < -0.4 is 5.32 Å². The van der Waals surface area contributed by atoms with Crippen molar-refractivity contribution in [3.63, 3.8) is 0 Å². The maximum absolute atomic E-state index is 13.3. The van der Waals surface area contributed by atoms with Gasteiger partial charge in [0.15, 0.2) is 5.82 Å². The van der Waals surface area contributed by atoms with Gasteiger partial charge in [-0.25, -0.2) is 9.18 Å². The van der Waals surface area contributed by atoms with Gasteiger partial charge in [0.25, 0.3) is 0 Å². The van der Waals surface area contributed by atoms with Crippen molar-refractivity contribution in [1.82, 2.24) is 19.7 Å². The highest BCUT2D eigenvalue weighted by molar-refractivity contribution is 5.89. The highest BCUT2D eigenvalue weighted by atomic mass is 19.1. The number of halogens is 1. The number of amides is 2. The minimum Gasteiger partial charge on any atom is -0.314 e. The predicted octanol–water partition coefficient (Wildman–Crippen LogP) is 3.51. The molecule has 1 atom stereocenters. The summed E-state index contributed by atoms with van der Waals surface area (Å²) < 4.78 is 15.5. The first-order valence-electron chi connectivity index (χ1n) is 8.97. The Kier molecular flexibility index (Phi) is 4.38. The van der Waals surface area contributed by atoms with Crippen LogP contribution in [0.25, 0.3) is 0 Å². The van der Waals surface area contributed by atoms with Gasteiger partial charge >= 0.3 is 6.03 Å². The molecule has 0 spiro atoms. The van der Waals surface area contributed by atoms with Crippen LogP contribution in [0.15, 0.2) is 24.3 Å². The first-order chi connectivity index (χ1) is 12.2. The van der Waals surface area contributed by atoms with Gasteiger partial charge in [-0.1, -0.05) is 12.5 Å². The number of carbonyl (C=O) groups is 1. The van der Waals surface area contributed by atoms with E-state index < -0.39 is 0 Å². The molecule has 2 aliphatic rings. The second-order valence-electron chi connectivity index (χ2n) is 6.73. The molecule has 1 aromatic heterocycles. The minimum atomic E-state index is -0.362. The summed E-state index contributed by atoms with van der Waals surface area (Å²) in [4.78, 5) is 14.5. The van der Waals surface area contributed by atoms with E-state index in [2.05, 4.69) is 20.1 Å². The standard InChI is InChI=1S/C18H22FN5O/c19-13-6-4-7-14(12-13)20-18(25)23-11-5-8-15(23)17-22-21-16-9-2-1-3-10-24(16)17/h4,6-7,12,15H,1-3,5,8-11H2,(H,20,25)/t15-/m0/s1. The summed E-state index contributed by atoms with van der Waals surface area (Å²) in [6.45, 7) is 1.60. The molecule has 0 saturated carbocycles. The molecule has 4 rings (SSSR count). The molecular formula is C18H22FN5O. The highest BCUT2D eigenvalue weighted by Gasteiger charge is 2.34. The van der Waals surface area contributed by atoms with Gasteiger partial charge in [-0.15, -0.1) is 10.2 Å². The molecule has 1 N–H and O–H groups in total. The summed E-state index contributed by atoms with van der Waals surface area (Å²) in [6.07, 6.45) is 6.25. The van der Waals surface area contributed by atoms with E-state index in [0.717, 1.165) is 50.3 Å². The lowest BCUT2D eigenvalue weighted by atomic mass is 10.2. The second-order valence-corrected chi connectivity index (χ2v) is 6.73. The Labute approximate surface area is 146 Å². The molecule has 3 heterocycles. The maximum atomic E-state index is 13.3. The normalized spacial score (nSPS) is 20.2. The number of hydrogen-bond acceptors (Lipinski definition) is 3. The first kappa shape index (κ1) is 16.1. The van der Waals surface area contributed by atoms with Gasteiger partial charge in [0.2, 0.25) is 0 Å². The van der Waals surface area contributed by atoms with Crippen molar-refractivity contribution in [3.8, 4) is 0 Å². The number of anilines is 1. The van der Waals surface area contributed by atoms with Crippen molar-refractivity contribution in [2.75, 3.05) is 11.9 Å². The van der Waals surface area contributed by atoms with Crippen LogP contribution in [0, 0.1) is 5.82 Å². The van der Waals surface area contributed by atoms with Gasteiger partial charge in [0, 0.05) is 25.2 Å². The van der Waals surface area contributed by atoms with E-state index in [1.165, 1.54) is 18.6 Å². The largest absolute Gasteiger partial charge is 0.322 e. The number of aryl methyl sites for hydroxylation is 1. The number of hydrogen-bond donors (Lipinski definition) is 1. The number of nitrogens with one attached hydrogen (secondary N) is 1. The number of carbonyl (C=O) groups excluding carboxylic acids is 1. The van der Waals surface area contributed by atoms with Crippen LogP contribution in [0.3, 0.4) is 0 Å². The Morgan fingerprint density at radius 3 is 2.96 bits per heavy atom. The topological polar surface area (TPSA) is 63.1 Å². The van der Waals surface area contributed by atoms with Gasteiger partial charge in [-0.05, 0) is 43.9 Å². The summed E-state index contributed by atoms with van der Waals surface area (Å²) in [5.41, 5.74) is 0.468. The predicted molar refractivity (Wildman–Crippen MR) is 91.7 cm³/mol. The SMILES string of the molecule is O=C(Nc1cccc(F)c1)N1CCC[C@H]1c1nnc2n1CCCCC2. The van der Waals surface area contributed by atoms with Crippen LogP contribution in [0.1, 0.15) is 49.8 Å². The molecule has 132 valence electrons. The van der Waals surface area contributed by atoms with Crippen LogP contribution in [-0.4, -0.2) is 32.2 Å². The second kappa shape index (κ2) is 6.82. The number of benzene rings is 1. The molecule has 0 radical (unpaired) electrons. The lowest BCUT2D eigenvalue weighted by Crippen LogP contribution is -2.35. The van der Waals surface area contributed by atoms with Gasteiger partial charge in [0.05, 0.1) is 6.04 Å². The first-order valence-corrected chi connectivity index (χ1v) is 8.97. The minimum absolute atomic E-state index is 0.0621. The molecule has 6 nitrogen and oxygen atoms in total. The summed E-state index contributed by atoms with van der Waals surface area (Å²) in [5, 5.41) is 11.6. The Morgan fingerprint density at radius 2 is 2.08 bits per heavy atom. The smallest absolute Gasteiger partial charge is 0.314 e. The molecule has 1 aromatic carbocycles. The van der Waals surface area contributed by atoms with Crippen LogP contribution in [-0.2, 0) is 13.0 Å². The molecule has 1 fully saturated rings. The summed E-state index contributed by atoms with van der Waals surface area (Å²) in [5.74, 6) is 1.56. The molecule has 0 aliphatic carbocycles. The molecular weight excluding hydrogens is 321 g/mol. The number of rotatable bonds is 2. The Balaban J connectivity index is 1.54. The van der Waals surface area contributed by atoms with E-state index >= 15 is 0 Å². The fourth-order valence-corrected chi connectivity index (χ4v) is 3.79. The monoisotopic (exact) mass is 343 g/mol. The average molecular weight is 343 g/mol. The van der Waals surface area contributed by atoms with Crippen molar-refractivity contribution < 1.29 is 9.18 Å². The fourth-order valence-electron chi connectivity index (χ4n) is 3.79. The summed E-state index contributed by atoms with van der Waals surface area (Å²) in [7, 11) is 0. The summed E-state index contributed by atoms with van der Waals surface area (Å²) >= 11 is 0. The van der Waals surface area contributed by atoms with Crippen LogP contribution in [0.2, 0.25) is 0 Å². The van der Waals surface area contributed by atoms with Gasteiger partial charge in [-0.3, -0.25) is 0 Å². The Hall–Kier alpha value is -2.44. The molecule has 7 heteroatoms. The van der Waals surface area contributed by atoms with Crippen molar-refractivity contribution >= 4 is 11.7 Å². The van der Waals surface area contributed by atoms with Crippen LogP contribution in [0.4, 0.5) is 14.9 Å². The molecule has 2 amide bonds. The quantitative estimate of drug-likeness (QED) is 0.907. The molecule has 0 bridgehead atoms. The zero-order chi connectivity index (χ0) is 17.2. The molecule has 2 aliphatic heterocycles. The van der Waals surface area contributed by atoms with E-state index in [0.29, 0.717) is 12.2 Å². The zero-order valence-corrected chi connectivity index (χ0v) is 14.1. The van der Waals surface area contributed by atoms with E-state index in [1.807, 2.05) is 0 Å². The Bertz CT molecular complexity index is 775. The third kappa shape index (κ3) is 3.23. The van der Waals surface area contributed by atoms with E-state index in [-0.39, 0.29) is 17.9 Å². The van der Waals surface area contributed by atoms with Crippen molar-refractivity contribution in [1.29, 1.82) is 0 Å². The van der Waals surface area contributed by atoms with Crippen molar-refractivity contribution in [2.45, 2.75) is 51.1 Å². The average Bonchev–Trinajstić information content (AvgIpc) is 3.16. The third-order valence-electron chi connectivity index (χ3n) is 5.03. The fraction of sp³-hybridized carbons (Fsp3) is 0.500. The number of fused-ring (bicyclic) bond motifs is 1. The van der Waals surface area contributed by atoms with Gasteiger partial charge in [0.1, 0.15) is 11.6 Å². The molecule has 25 heavy (non-hydrogen) atoms. The number of nitrogens with zero attached hydrogens (tertiary/aromatic N) is 4. The van der Waals surface area contributed by atoms with E-state index in [4.69, 9.17) is 0 Å². The van der Waals surface area contributed by atoms with E-state index in [1.54, 1.807) is 17.0 Å². The van der Waals surface area contributed by atoms with Crippen molar-refractivity contribution in [2.24, 2.45) is 0 Å². The number of aromatic nitrogens is 3. The molecule has 1 saturated heterocycles. The maximum Gasteiger partial charge on any atom is 0.322 e. The summed E-state index contributed by atoms with van der Waals surface area (Å²) in [6, 6.07) is 5.69. The lowest BCUT2D eigenvalue weighted by molar-refractivity contribution is 0.203. The van der Waals surface area contributed by atoms with Gasteiger partial charge in [-0.2, -0.15) is 0 Å².